The number of nitrogens with one attached hydrogen (secondary N) is 2. The fraction of sp³-hybridized carbons (Fsp3) is 0.464. The number of H-pyrrole nitrogens is 1. The zero-order valence-electron chi connectivity index (χ0n) is 20.4. The molecule has 0 bridgehead atoms. The molecule has 2 aliphatic rings. The maximum atomic E-state index is 12.7. The summed E-state index contributed by atoms with van der Waals surface area (Å²) in [5.41, 5.74) is 5.19. The van der Waals surface area contributed by atoms with Crippen LogP contribution in [0.2, 0.25) is 0 Å². The minimum atomic E-state index is -0.110. The zero-order chi connectivity index (χ0) is 23.7. The van der Waals surface area contributed by atoms with Gasteiger partial charge in [-0.1, -0.05) is 24.3 Å². The normalized spacial score (nSPS) is 18.1. The van der Waals surface area contributed by atoms with E-state index in [9.17, 15) is 4.79 Å². The third-order valence-electron chi connectivity index (χ3n) is 7.07. The van der Waals surface area contributed by atoms with E-state index in [-0.39, 0.29) is 11.5 Å². The van der Waals surface area contributed by atoms with E-state index < -0.39 is 0 Å². The molecule has 0 unspecified atom stereocenters. The highest BCUT2D eigenvalue weighted by atomic mass is 16.5. The first-order valence-electron chi connectivity index (χ1n) is 12.3. The number of benzene rings is 2. The number of amides is 1. The molecule has 0 spiro atoms. The monoisotopic (exact) mass is 461 g/mol. The molecule has 2 aliphatic heterocycles. The molecule has 3 heterocycles. The van der Waals surface area contributed by atoms with Crippen molar-refractivity contribution in [2.45, 2.75) is 51.9 Å². The van der Waals surface area contributed by atoms with Crippen molar-refractivity contribution >= 4 is 16.8 Å². The Hall–Kier alpha value is -2.83. The number of hydrogen-bond donors (Lipinski definition) is 2. The van der Waals surface area contributed by atoms with Crippen molar-refractivity contribution in [1.29, 1.82) is 0 Å². The molecule has 1 amide bonds. The lowest BCUT2D eigenvalue weighted by Gasteiger charge is -2.32. The van der Waals surface area contributed by atoms with Crippen LogP contribution in [0.15, 0.2) is 42.5 Å². The van der Waals surface area contributed by atoms with Crippen LogP contribution in [-0.2, 0) is 24.3 Å². The van der Waals surface area contributed by atoms with Crippen LogP contribution < -0.4 is 10.1 Å². The summed E-state index contributed by atoms with van der Waals surface area (Å²) in [6.45, 7) is 8.62. The lowest BCUT2D eigenvalue weighted by Crippen LogP contribution is -2.38. The number of para-hydroxylation sites is 1. The smallest absolute Gasteiger partial charge is 0.267 e. The summed E-state index contributed by atoms with van der Waals surface area (Å²) < 4.78 is 11.5. The Labute approximate surface area is 201 Å². The van der Waals surface area contributed by atoms with Gasteiger partial charge in [0.25, 0.3) is 5.91 Å². The Morgan fingerprint density at radius 1 is 1.21 bits per heavy atom. The Bertz CT molecular complexity index is 1170. The number of carbonyl (C=O) groups is 1. The third-order valence-corrected chi connectivity index (χ3v) is 7.07. The van der Waals surface area contributed by atoms with Gasteiger partial charge in [0.1, 0.15) is 17.0 Å². The molecule has 2 aromatic carbocycles. The molecular weight excluding hydrogens is 426 g/mol. The Morgan fingerprint density at radius 2 is 2.03 bits per heavy atom. The van der Waals surface area contributed by atoms with Crippen LogP contribution in [0.3, 0.4) is 0 Å². The second-order valence-electron chi connectivity index (χ2n) is 10.4. The van der Waals surface area contributed by atoms with Gasteiger partial charge in [-0.25, -0.2) is 0 Å². The number of methoxy groups -OCH3 is 1. The molecule has 5 rings (SSSR count). The average Bonchev–Trinajstić information content (AvgIpc) is 3.38. The second kappa shape index (κ2) is 9.43. The minimum absolute atomic E-state index is 0.0356. The summed E-state index contributed by atoms with van der Waals surface area (Å²) in [5.74, 6) is 1.57. The lowest BCUT2D eigenvalue weighted by molar-refractivity contribution is 0.0930. The molecule has 3 aromatic rings. The second-order valence-corrected chi connectivity index (χ2v) is 10.4. The first-order chi connectivity index (χ1) is 16.4. The molecule has 0 radical (unpaired) electrons. The molecule has 0 saturated carbocycles. The molecule has 6 heteroatoms. The topological polar surface area (TPSA) is 66.6 Å². The quantitative estimate of drug-likeness (QED) is 0.537. The summed E-state index contributed by atoms with van der Waals surface area (Å²) in [6, 6.07) is 14.6. The van der Waals surface area contributed by atoms with Gasteiger partial charge in [0.2, 0.25) is 0 Å². The molecule has 0 atom stereocenters. The van der Waals surface area contributed by atoms with Gasteiger partial charge in [0, 0.05) is 43.1 Å². The standard InChI is InChI=1S/C28H35N3O3/c1-28(2)15-21-5-4-6-22(26(21)34-28)17-31-11-9-19(10-12-31)16-29-27(32)25-14-23-13-20(18-33-3)7-8-24(23)30-25/h4-8,13-14,19,30H,9-12,15-18H2,1-3H3,(H,29,32). The number of piperidine rings is 1. The minimum Gasteiger partial charge on any atom is -0.487 e. The van der Waals surface area contributed by atoms with E-state index in [1.54, 1.807) is 7.11 Å². The first-order valence-corrected chi connectivity index (χ1v) is 12.3. The fourth-order valence-corrected chi connectivity index (χ4v) is 5.29. The van der Waals surface area contributed by atoms with Crippen molar-refractivity contribution < 1.29 is 14.3 Å². The Balaban J connectivity index is 1.12. The van der Waals surface area contributed by atoms with Crippen LogP contribution in [0.1, 0.15) is 53.9 Å². The van der Waals surface area contributed by atoms with E-state index in [2.05, 4.69) is 53.3 Å². The van der Waals surface area contributed by atoms with Crippen LogP contribution in [0.5, 0.6) is 5.75 Å². The van der Waals surface area contributed by atoms with Crippen molar-refractivity contribution in [1.82, 2.24) is 15.2 Å². The zero-order valence-corrected chi connectivity index (χ0v) is 20.4. The molecule has 1 aromatic heterocycles. The number of aromatic nitrogens is 1. The van der Waals surface area contributed by atoms with E-state index >= 15 is 0 Å². The molecule has 6 nitrogen and oxygen atoms in total. The number of fused-ring (bicyclic) bond motifs is 2. The first kappa shape index (κ1) is 22.9. The summed E-state index contributed by atoms with van der Waals surface area (Å²) in [6.07, 6.45) is 3.16. The number of rotatable bonds is 7. The predicted octanol–water partition coefficient (Wildman–Crippen LogP) is 4.67. The largest absolute Gasteiger partial charge is 0.487 e. The van der Waals surface area contributed by atoms with Gasteiger partial charge < -0.3 is 19.8 Å². The third kappa shape index (κ3) is 4.98. The SMILES string of the molecule is COCc1ccc2[nH]c(C(=O)NCC3CCN(Cc4cccc5c4OC(C)(C)C5)CC3)cc2c1. The molecule has 34 heavy (non-hydrogen) atoms. The summed E-state index contributed by atoms with van der Waals surface area (Å²) in [7, 11) is 1.69. The lowest BCUT2D eigenvalue weighted by atomic mass is 9.96. The van der Waals surface area contributed by atoms with Crippen LogP contribution in [0, 0.1) is 5.92 Å². The Morgan fingerprint density at radius 3 is 2.82 bits per heavy atom. The number of likely N-dealkylation sites (tertiary alicyclic amines) is 1. The van der Waals surface area contributed by atoms with Gasteiger partial charge in [0.15, 0.2) is 0 Å². The average molecular weight is 462 g/mol. The molecule has 1 saturated heterocycles. The van der Waals surface area contributed by atoms with E-state index in [0.29, 0.717) is 18.2 Å². The number of nitrogens with zero attached hydrogens (tertiary/aromatic N) is 1. The van der Waals surface area contributed by atoms with Crippen molar-refractivity contribution in [3.63, 3.8) is 0 Å². The summed E-state index contributed by atoms with van der Waals surface area (Å²) in [4.78, 5) is 18.5. The maximum absolute atomic E-state index is 12.7. The van der Waals surface area contributed by atoms with E-state index in [1.165, 1.54) is 11.1 Å². The van der Waals surface area contributed by atoms with Crippen molar-refractivity contribution in [2.24, 2.45) is 5.92 Å². The van der Waals surface area contributed by atoms with E-state index in [1.807, 2.05) is 18.2 Å². The highest BCUT2D eigenvalue weighted by Gasteiger charge is 2.32. The van der Waals surface area contributed by atoms with Crippen molar-refractivity contribution in [3.8, 4) is 5.75 Å². The molecule has 1 fully saturated rings. The summed E-state index contributed by atoms with van der Waals surface area (Å²) in [5, 5.41) is 4.18. The predicted molar refractivity (Wildman–Crippen MR) is 134 cm³/mol. The number of hydrogen-bond acceptors (Lipinski definition) is 4. The Kier molecular flexibility index (Phi) is 6.36. The van der Waals surface area contributed by atoms with Crippen LogP contribution in [0.4, 0.5) is 0 Å². The van der Waals surface area contributed by atoms with Gasteiger partial charge in [-0.2, -0.15) is 0 Å². The highest BCUT2D eigenvalue weighted by molar-refractivity contribution is 5.98. The molecule has 0 aliphatic carbocycles. The van der Waals surface area contributed by atoms with E-state index in [4.69, 9.17) is 9.47 Å². The van der Waals surface area contributed by atoms with Crippen LogP contribution >= 0.6 is 0 Å². The fourth-order valence-electron chi connectivity index (χ4n) is 5.29. The number of aromatic amines is 1. The van der Waals surface area contributed by atoms with Crippen LogP contribution in [-0.4, -0.2) is 48.1 Å². The summed E-state index contributed by atoms with van der Waals surface area (Å²) >= 11 is 0. The van der Waals surface area contributed by atoms with Gasteiger partial charge >= 0.3 is 0 Å². The molecule has 180 valence electrons. The van der Waals surface area contributed by atoms with Gasteiger partial charge in [-0.3, -0.25) is 9.69 Å². The number of ether oxygens (including phenoxy) is 2. The van der Waals surface area contributed by atoms with Crippen molar-refractivity contribution in [3.05, 3.63) is 64.8 Å². The molecule has 2 N–H and O–H groups in total. The molecular formula is C28H35N3O3. The van der Waals surface area contributed by atoms with Gasteiger partial charge in [0.05, 0.1) is 6.61 Å². The van der Waals surface area contributed by atoms with Crippen LogP contribution in [0.25, 0.3) is 10.9 Å². The van der Waals surface area contributed by atoms with Crippen molar-refractivity contribution in [2.75, 3.05) is 26.7 Å². The van der Waals surface area contributed by atoms with E-state index in [0.717, 1.165) is 67.7 Å². The van der Waals surface area contributed by atoms with Gasteiger partial charge in [-0.05, 0) is 75.0 Å². The number of carbonyl (C=O) groups excluding carboxylic acids is 1. The maximum Gasteiger partial charge on any atom is 0.267 e. The van der Waals surface area contributed by atoms with Gasteiger partial charge in [-0.15, -0.1) is 0 Å². The highest BCUT2D eigenvalue weighted by Crippen LogP contribution is 2.38.